The van der Waals surface area contributed by atoms with Crippen LogP contribution in [0, 0.1) is 0 Å². The van der Waals surface area contributed by atoms with E-state index in [0.29, 0.717) is 0 Å². The SMILES string of the molecule is c1cc(-c2ccc(-c3cccc4ccccc34)cc2)cc(N(c2ccc3c(c2)oc2ccccc23)c2ccccc2-c2ccc3oc4ccccc4c3c2)c1. The Kier molecular flexibility index (Phi) is 7.17. The van der Waals surface area contributed by atoms with E-state index in [1.807, 2.05) is 24.3 Å². The largest absolute Gasteiger partial charge is 0.456 e. The van der Waals surface area contributed by atoms with Crippen molar-refractivity contribution in [1.82, 2.24) is 0 Å². The first-order valence-corrected chi connectivity index (χ1v) is 18.7. The third-order valence-corrected chi connectivity index (χ3v) is 10.9. The number of rotatable bonds is 6. The molecule has 11 aromatic rings. The predicted octanol–water partition coefficient (Wildman–Crippen LogP) is 15.1. The van der Waals surface area contributed by atoms with E-state index in [1.165, 1.54) is 21.9 Å². The molecule has 0 aliphatic rings. The molecule has 0 spiro atoms. The van der Waals surface area contributed by atoms with Crippen molar-refractivity contribution in [2.24, 2.45) is 0 Å². The Labute approximate surface area is 317 Å². The summed E-state index contributed by atoms with van der Waals surface area (Å²) < 4.78 is 12.7. The number of anilines is 3. The fourth-order valence-electron chi connectivity index (χ4n) is 8.23. The molecule has 258 valence electrons. The van der Waals surface area contributed by atoms with E-state index in [0.717, 1.165) is 83.2 Å². The molecule has 0 saturated heterocycles. The van der Waals surface area contributed by atoms with E-state index in [-0.39, 0.29) is 0 Å². The van der Waals surface area contributed by atoms with E-state index in [1.54, 1.807) is 0 Å². The molecule has 2 aromatic heterocycles. The lowest BCUT2D eigenvalue weighted by atomic mass is 9.96. The third kappa shape index (κ3) is 5.28. The summed E-state index contributed by atoms with van der Waals surface area (Å²) >= 11 is 0. The van der Waals surface area contributed by atoms with E-state index < -0.39 is 0 Å². The molecule has 0 aliphatic carbocycles. The van der Waals surface area contributed by atoms with Gasteiger partial charge in [0, 0.05) is 44.5 Å². The van der Waals surface area contributed by atoms with Crippen LogP contribution in [0.2, 0.25) is 0 Å². The number of fused-ring (bicyclic) bond motifs is 7. The van der Waals surface area contributed by atoms with Gasteiger partial charge < -0.3 is 13.7 Å². The Bertz CT molecular complexity index is 3220. The maximum absolute atomic E-state index is 6.44. The average molecular weight is 704 g/mol. The lowest BCUT2D eigenvalue weighted by Gasteiger charge is -2.28. The van der Waals surface area contributed by atoms with Crippen molar-refractivity contribution in [3.63, 3.8) is 0 Å². The minimum atomic E-state index is 0.854. The van der Waals surface area contributed by atoms with Gasteiger partial charge in [0.05, 0.1) is 5.69 Å². The standard InChI is InChI=1S/C52H33NO2/c1-2-15-41-35(11-1)12-10-19-42(41)36-25-23-34(24-26-36)37-13-9-14-39(31-37)53(40-28-29-46-44-17-4-7-21-49(44)55-52(46)33-40)48-20-6-3-16-43(48)38-27-30-51-47(32-38)45-18-5-8-22-50(45)54-51/h1-33H. The molecule has 9 aromatic carbocycles. The Morgan fingerprint density at radius 2 is 0.873 bits per heavy atom. The number of benzene rings is 9. The number of para-hydroxylation sites is 3. The molecule has 3 heteroatoms. The van der Waals surface area contributed by atoms with Crippen LogP contribution in [-0.4, -0.2) is 0 Å². The summed E-state index contributed by atoms with van der Waals surface area (Å²) in [6.45, 7) is 0. The van der Waals surface area contributed by atoms with E-state index in [9.17, 15) is 0 Å². The Morgan fingerprint density at radius 1 is 0.291 bits per heavy atom. The van der Waals surface area contributed by atoms with Gasteiger partial charge in [-0.3, -0.25) is 0 Å². The van der Waals surface area contributed by atoms with Crippen LogP contribution < -0.4 is 4.90 Å². The first kappa shape index (κ1) is 31.2. The monoisotopic (exact) mass is 703 g/mol. The average Bonchev–Trinajstić information content (AvgIpc) is 3.82. The van der Waals surface area contributed by atoms with Crippen LogP contribution in [0.15, 0.2) is 209 Å². The maximum Gasteiger partial charge on any atom is 0.137 e. The summed E-state index contributed by atoms with van der Waals surface area (Å²) in [6.07, 6.45) is 0. The summed E-state index contributed by atoms with van der Waals surface area (Å²) in [4.78, 5) is 2.35. The van der Waals surface area contributed by atoms with E-state index in [4.69, 9.17) is 8.83 Å². The molecule has 0 amide bonds. The van der Waals surface area contributed by atoms with Crippen molar-refractivity contribution in [2.45, 2.75) is 0 Å². The number of furan rings is 2. The van der Waals surface area contributed by atoms with Crippen LogP contribution in [0.4, 0.5) is 17.1 Å². The smallest absolute Gasteiger partial charge is 0.137 e. The number of hydrogen-bond acceptors (Lipinski definition) is 3. The normalized spacial score (nSPS) is 11.6. The molecule has 3 nitrogen and oxygen atoms in total. The molecule has 0 unspecified atom stereocenters. The first-order valence-electron chi connectivity index (χ1n) is 18.7. The van der Waals surface area contributed by atoms with Crippen LogP contribution in [0.3, 0.4) is 0 Å². The molecule has 0 radical (unpaired) electrons. The minimum Gasteiger partial charge on any atom is -0.456 e. The highest BCUT2D eigenvalue weighted by molar-refractivity contribution is 6.08. The Hall–Kier alpha value is -7.36. The highest BCUT2D eigenvalue weighted by Crippen LogP contribution is 2.44. The van der Waals surface area contributed by atoms with Gasteiger partial charge in [0.15, 0.2) is 0 Å². The Morgan fingerprint density at radius 3 is 1.73 bits per heavy atom. The van der Waals surface area contributed by atoms with Crippen LogP contribution in [0.5, 0.6) is 0 Å². The summed E-state index contributed by atoms with van der Waals surface area (Å²) in [5, 5.41) is 6.94. The second kappa shape index (κ2) is 12.6. The van der Waals surface area contributed by atoms with Gasteiger partial charge in [-0.05, 0) is 93.2 Å². The van der Waals surface area contributed by atoms with Gasteiger partial charge >= 0.3 is 0 Å². The lowest BCUT2D eigenvalue weighted by molar-refractivity contribution is 0.668. The third-order valence-electron chi connectivity index (χ3n) is 10.9. The van der Waals surface area contributed by atoms with Crippen molar-refractivity contribution in [2.75, 3.05) is 4.90 Å². The van der Waals surface area contributed by atoms with Crippen molar-refractivity contribution < 1.29 is 8.83 Å². The molecular formula is C52H33NO2. The predicted molar refractivity (Wildman–Crippen MR) is 229 cm³/mol. The zero-order valence-corrected chi connectivity index (χ0v) is 29.8. The molecule has 0 saturated carbocycles. The van der Waals surface area contributed by atoms with Crippen LogP contribution in [0.25, 0.3) is 88.0 Å². The summed E-state index contributed by atoms with van der Waals surface area (Å²) in [5.41, 5.74) is 13.6. The van der Waals surface area contributed by atoms with Gasteiger partial charge in [0.25, 0.3) is 0 Å². The highest BCUT2D eigenvalue weighted by Gasteiger charge is 2.20. The van der Waals surface area contributed by atoms with Crippen LogP contribution in [0.1, 0.15) is 0 Å². The zero-order valence-electron chi connectivity index (χ0n) is 29.8. The van der Waals surface area contributed by atoms with Gasteiger partial charge in [-0.2, -0.15) is 0 Å². The molecule has 55 heavy (non-hydrogen) atoms. The summed E-state index contributed by atoms with van der Waals surface area (Å²) in [5.74, 6) is 0. The van der Waals surface area contributed by atoms with Gasteiger partial charge in [-0.25, -0.2) is 0 Å². The van der Waals surface area contributed by atoms with E-state index >= 15 is 0 Å². The molecule has 0 aliphatic heterocycles. The van der Waals surface area contributed by atoms with Crippen molar-refractivity contribution in [1.29, 1.82) is 0 Å². The molecule has 11 rings (SSSR count). The molecule has 0 fully saturated rings. The molecule has 0 atom stereocenters. The van der Waals surface area contributed by atoms with Crippen molar-refractivity contribution in [3.8, 4) is 33.4 Å². The van der Waals surface area contributed by atoms with E-state index in [2.05, 4.69) is 181 Å². The maximum atomic E-state index is 6.44. The van der Waals surface area contributed by atoms with Crippen molar-refractivity contribution in [3.05, 3.63) is 200 Å². The summed E-state index contributed by atoms with van der Waals surface area (Å²) in [6, 6.07) is 71.1. The van der Waals surface area contributed by atoms with Crippen LogP contribution in [-0.2, 0) is 0 Å². The fraction of sp³-hybridized carbons (Fsp3) is 0. The van der Waals surface area contributed by atoms with Gasteiger partial charge in [0.2, 0.25) is 0 Å². The van der Waals surface area contributed by atoms with Gasteiger partial charge in [-0.15, -0.1) is 0 Å². The first-order chi connectivity index (χ1) is 27.2. The molecule has 0 bridgehead atoms. The molecule has 0 N–H and O–H groups in total. The lowest BCUT2D eigenvalue weighted by Crippen LogP contribution is -2.11. The van der Waals surface area contributed by atoms with Gasteiger partial charge in [0.1, 0.15) is 22.3 Å². The topological polar surface area (TPSA) is 29.5 Å². The highest BCUT2D eigenvalue weighted by atomic mass is 16.3. The molecular weight excluding hydrogens is 671 g/mol. The van der Waals surface area contributed by atoms with Gasteiger partial charge in [-0.1, -0.05) is 140 Å². The zero-order chi connectivity index (χ0) is 36.3. The number of nitrogens with zero attached hydrogens (tertiary/aromatic N) is 1. The number of hydrogen-bond donors (Lipinski definition) is 0. The quantitative estimate of drug-likeness (QED) is 0.173. The van der Waals surface area contributed by atoms with Crippen LogP contribution >= 0.6 is 0 Å². The second-order valence-electron chi connectivity index (χ2n) is 14.1. The minimum absolute atomic E-state index is 0.854. The molecule has 2 heterocycles. The fourth-order valence-corrected chi connectivity index (χ4v) is 8.23. The second-order valence-corrected chi connectivity index (χ2v) is 14.1. The Balaban J connectivity index is 1.06. The summed E-state index contributed by atoms with van der Waals surface area (Å²) in [7, 11) is 0. The van der Waals surface area contributed by atoms with Crippen molar-refractivity contribution >= 4 is 71.7 Å².